The topological polar surface area (TPSA) is 34.4 Å². The van der Waals surface area contributed by atoms with Crippen LogP contribution in [0.2, 0.25) is 0 Å². The highest BCUT2D eigenvalue weighted by atomic mass is 16.1. The van der Waals surface area contributed by atoms with Crippen molar-refractivity contribution in [2.45, 2.75) is 6.42 Å². The first kappa shape index (κ1) is 13.8. The van der Waals surface area contributed by atoms with Gasteiger partial charge in [-0.25, -0.2) is 4.98 Å². The Hall–Kier alpha value is -3.46. The van der Waals surface area contributed by atoms with E-state index in [-0.39, 0.29) is 5.56 Å². The molecule has 3 aromatic carbocycles. The molecular weight excluding hydrogens is 320 g/mol. The highest BCUT2D eigenvalue weighted by molar-refractivity contribution is 5.99. The van der Waals surface area contributed by atoms with Gasteiger partial charge >= 0.3 is 0 Å². The molecule has 1 aliphatic rings. The monoisotopic (exact) mass is 334 g/mol. The van der Waals surface area contributed by atoms with Crippen LogP contribution in [0.4, 0.5) is 0 Å². The van der Waals surface area contributed by atoms with E-state index >= 15 is 0 Å². The standard InChI is InChI=1S/C23H14N2O/c26-23-18-11-5-9-14-6-3-4-10-17(21(14)18)22-24-19-12-15-7-1-2-8-16(15)13-20(19)25(22)23/h1-5,7-13H,6H2. The second kappa shape index (κ2) is 4.79. The third-order valence-corrected chi connectivity index (χ3v) is 5.35. The van der Waals surface area contributed by atoms with Crippen LogP contribution in [0.1, 0.15) is 5.56 Å². The van der Waals surface area contributed by atoms with Crippen molar-refractivity contribution in [1.29, 1.82) is 0 Å². The van der Waals surface area contributed by atoms with Gasteiger partial charge < -0.3 is 0 Å². The van der Waals surface area contributed by atoms with Crippen molar-refractivity contribution in [2.24, 2.45) is 0 Å². The fourth-order valence-electron chi connectivity index (χ4n) is 4.17. The van der Waals surface area contributed by atoms with E-state index in [4.69, 9.17) is 4.98 Å². The van der Waals surface area contributed by atoms with Gasteiger partial charge in [0.2, 0.25) is 0 Å². The maximum absolute atomic E-state index is 13.3. The first-order valence-corrected chi connectivity index (χ1v) is 8.77. The molecule has 0 fully saturated rings. The number of hydrogen-bond acceptors (Lipinski definition) is 2. The van der Waals surface area contributed by atoms with E-state index in [1.54, 1.807) is 4.40 Å². The van der Waals surface area contributed by atoms with Crippen molar-refractivity contribution in [2.75, 3.05) is 0 Å². The number of rotatable bonds is 0. The van der Waals surface area contributed by atoms with Crippen LogP contribution in [0, 0.1) is 0 Å². The molecule has 0 saturated heterocycles. The summed E-state index contributed by atoms with van der Waals surface area (Å²) in [6, 6.07) is 18.3. The van der Waals surface area contributed by atoms with Crippen molar-refractivity contribution >= 4 is 44.3 Å². The number of imidazole rings is 1. The molecule has 0 N–H and O–H groups in total. The highest BCUT2D eigenvalue weighted by Gasteiger charge is 2.16. The van der Waals surface area contributed by atoms with Gasteiger partial charge in [0, 0.05) is 16.0 Å². The quantitative estimate of drug-likeness (QED) is 0.432. The van der Waals surface area contributed by atoms with Crippen LogP contribution in [0.3, 0.4) is 0 Å². The molecule has 1 aliphatic carbocycles. The van der Waals surface area contributed by atoms with Gasteiger partial charge in [-0.05, 0) is 41.0 Å². The summed E-state index contributed by atoms with van der Waals surface area (Å²) in [4.78, 5) is 18.2. The second-order valence-corrected chi connectivity index (χ2v) is 6.82. The van der Waals surface area contributed by atoms with Crippen molar-refractivity contribution in [3.8, 4) is 0 Å². The van der Waals surface area contributed by atoms with E-state index in [0.29, 0.717) is 0 Å². The number of pyridine rings is 1. The molecule has 3 nitrogen and oxygen atoms in total. The smallest absolute Gasteiger partial charge is 0.264 e. The maximum Gasteiger partial charge on any atom is 0.264 e. The molecule has 0 aliphatic heterocycles. The Morgan fingerprint density at radius 2 is 1.81 bits per heavy atom. The Labute approximate surface area is 148 Å². The molecule has 0 spiro atoms. The summed E-state index contributed by atoms with van der Waals surface area (Å²) in [5, 5.41) is 5.08. The summed E-state index contributed by atoms with van der Waals surface area (Å²) in [5.74, 6) is 0. The highest BCUT2D eigenvalue weighted by Crippen LogP contribution is 2.24. The second-order valence-electron chi connectivity index (χ2n) is 6.82. The lowest BCUT2D eigenvalue weighted by atomic mass is 10.0. The van der Waals surface area contributed by atoms with Crippen molar-refractivity contribution in [1.82, 2.24) is 9.38 Å². The summed E-state index contributed by atoms with van der Waals surface area (Å²) >= 11 is 0. The van der Waals surface area contributed by atoms with Crippen LogP contribution in [0.25, 0.3) is 44.3 Å². The van der Waals surface area contributed by atoms with Gasteiger partial charge in [-0.1, -0.05) is 54.6 Å². The first-order valence-electron chi connectivity index (χ1n) is 8.77. The molecule has 0 unspecified atom stereocenters. The van der Waals surface area contributed by atoms with Gasteiger partial charge in [0.15, 0.2) is 0 Å². The zero-order chi connectivity index (χ0) is 17.3. The molecule has 2 aromatic heterocycles. The van der Waals surface area contributed by atoms with Gasteiger partial charge in [-0.3, -0.25) is 9.20 Å². The lowest BCUT2D eigenvalue weighted by Gasteiger charge is -2.06. The minimum atomic E-state index is 0.00804. The molecule has 26 heavy (non-hydrogen) atoms. The molecule has 2 heterocycles. The SMILES string of the molecule is O=c1c2cccc3c2c(c2nc4cc5ccccc5cc4n12)=CC=CC3. The van der Waals surface area contributed by atoms with Gasteiger partial charge in [0.25, 0.3) is 5.56 Å². The third-order valence-electron chi connectivity index (χ3n) is 5.35. The normalized spacial score (nSPS) is 13.5. The molecule has 0 bridgehead atoms. The predicted molar refractivity (Wildman–Crippen MR) is 107 cm³/mol. The van der Waals surface area contributed by atoms with Crippen molar-refractivity contribution in [3.05, 3.63) is 87.9 Å². The van der Waals surface area contributed by atoms with Crippen molar-refractivity contribution < 1.29 is 0 Å². The molecule has 0 radical (unpaired) electrons. The van der Waals surface area contributed by atoms with E-state index in [2.05, 4.69) is 48.6 Å². The van der Waals surface area contributed by atoms with Gasteiger partial charge in [-0.15, -0.1) is 0 Å². The molecule has 0 saturated carbocycles. The van der Waals surface area contributed by atoms with Gasteiger partial charge in [0.1, 0.15) is 5.65 Å². The minimum Gasteiger partial charge on any atom is -0.268 e. The summed E-state index contributed by atoms with van der Waals surface area (Å²) in [6.45, 7) is 0. The Bertz CT molecular complexity index is 1520. The van der Waals surface area contributed by atoms with Gasteiger partial charge in [0.05, 0.1) is 11.0 Å². The first-order chi connectivity index (χ1) is 12.8. The Balaban J connectivity index is 1.97. The van der Waals surface area contributed by atoms with Crippen LogP contribution in [-0.4, -0.2) is 9.38 Å². The van der Waals surface area contributed by atoms with Crippen LogP contribution in [-0.2, 0) is 6.42 Å². The molecule has 0 amide bonds. The van der Waals surface area contributed by atoms with Crippen LogP contribution < -0.4 is 10.8 Å². The van der Waals surface area contributed by atoms with E-state index in [1.807, 2.05) is 24.3 Å². The van der Waals surface area contributed by atoms with Crippen molar-refractivity contribution in [3.63, 3.8) is 0 Å². The van der Waals surface area contributed by atoms with Crippen LogP contribution in [0.15, 0.2) is 71.5 Å². The fourth-order valence-corrected chi connectivity index (χ4v) is 4.17. The predicted octanol–water partition coefficient (Wildman–Crippen LogP) is 3.77. The number of hydrogen-bond donors (Lipinski definition) is 0. The maximum atomic E-state index is 13.3. The van der Waals surface area contributed by atoms with E-state index in [0.717, 1.165) is 49.9 Å². The average molecular weight is 334 g/mol. The van der Waals surface area contributed by atoms with Crippen LogP contribution >= 0.6 is 0 Å². The number of nitrogens with zero attached hydrogens (tertiary/aromatic N) is 2. The van der Waals surface area contributed by atoms with Gasteiger partial charge in [-0.2, -0.15) is 0 Å². The fraction of sp³-hybridized carbons (Fsp3) is 0.0435. The molecule has 3 heteroatoms. The summed E-state index contributed by atoms with van der Waals surface area (Å²) in [6.07, 6.45) is 7.11. The average Bonchev–Trinajstić information content (AvgIpc) is 2.89. The summed E-state index contributed by atoms with van der Waals surface area (Å²) in [5.41, 5.74) is 3.66. The molecule has 6 rings (SSSR count). The largest absolute Gasteiger partial charge is 0.268 e. The van der Waals surface area contributed by atoms with Crippen LogP contribution in [0.5, 0.6) is 0 Å². The molecule has 122 valence electrons. The Kier molecular flexibility index (Phi) is 2.54. The number of allylic oxidation sites excluding steroid dienone is 2. The number of benzene rings is 3. The van der Waals surface area contributed by atoms with E-state index < -0.39 is 0 Å². The number of fused-ring (bicyclic) bond motifs is 5. The molecule has 0 atom stereocenters. The lowest BCUT2D eigenvalue weighted by Crippen LogP contribution is -2.21. The van der Waals surface area contributed by atoms with E-state index in [1.165, 1.54) is 5.56 Å². The van der Waals surface area contributed by atoms with E-state index in [9.17, 15) is 4.79 Å². The lowest BCUT2D eigenvalue weighted by molar-refractivity contribution is 1.16. The Morgan fingerprint density at radius 3 is 2.69 bits per heavy atom. The zero-order valence-electron chi connectivity index (χ0n) is 13.9. The Morgan fingerprint density at radius 1 is 0.962 bits per heavy atom. The summed E-state index contributed by atoms with van der Waals surface area (Å²) in [7, 11) is 0. The number of aromatic nitrogens is 2. The molecular formula is C23H14N2O. The molecule has 5 aromatic rings. The minimum absolute atomic E-state index is 0.00804. The summed E-state index contributed by atoms with van der Waals surface area (Å²) < 4.78 is 1.78. The third kappa shape index (κ3) is 1.67. The zero-order valence-corrected chi connectivity index (χ0v) is 13.9.